The van der Waals surface area contributed by atoms with E-state index in [9.17, 15) is 9.59 Å². The van der Waals surface area contributed by atoms with E-state index in [2.05, 4.69) is 10.3 Å². The predicted octanol–water partition coefficient (Wildman–Crippen LogP) is 3.13. The van der Waals surface area contributed by atoms with Crippen LogP contribution in [0.4, 0.5) is 10.8 Å². The highest BCUT2D eigenvalue weighted by molar-refractivity contribution is 7.29. The largest absolute Gasteiger partial charge is 0.448 e. The van der Waals surface area contributed by atoms with Gasteiger partial charge in [-0.2, -0.15) is 0 Å². The number of carbonyl (C=O) groups excluding carboxylic acids is 2. The highest BCUT2D eigenvalue weighted by Gasteiger charge is 2.19. The molecular weight excluding hydrogens is 334 g/mol. The third-order valence-electron chi connectivity index (χ3n) is 3.00. The van der Waals surface area contributed by atoms with Crippen molar-refractivity contribution in [2.45, 2.75) is 13.0 Å². The lowest BCUT2D eigenvalue weighted by molar-refractivity contribution is -0.125. The Labute approximate surface area is 139 Å². The Morgan fingerprint density at radius 2 is 2.00 bits per heavy atom. The van der Waals surface area contributed by atoms with Crippen molar-refractivity contribution in [2.75, 3.05) is 5.32 Å². The van der Waals surface area contributed by atoms with Crippen LogP contribution in [0.5, 0.6) is 0 Å². The summed E-state index contributed by atoms with van der Waals surface area (Å²) in [6.07, 6.45) is -0.953. The minimum absolute atomic E-state index is 0.401. The van der Waals surface area contributed by atoms with Crippen LogP contribution in [0.3, 0.4) is 0 Å². The van der Waals surface area contributed by atoms with E-state index in [1.807, 2.05) is 30.3 Å². The van der Waals surface area contributed by atoms with Crippen molar-refractivity contribution in [2.24, 2.45) is 5.73 Å². The molecule has 3 rings (SSSR count). The van der Waals surface area contributed by atoms with E-state index < -0.39 is 18.0 Å². The average molecular weight is 347 g/mol. The molecule has 2 aromatic heterocycles. The number of esters is 1. The lowest BCUT2D eigenvalue weighted by Crippen LogP contribution is -2.30. The smallest absolute Gasteiger partial charge is 0.349 e. The van der Waals surface area contributed by atoms with Gasteiger partial charge in [0.15, 0.2) is 11.2 Å². The Bertz CT molecular complexity index is 826. The zero-order chi connectivity index (χ0) is 16.4. The fourth-order valence-corrected chi connectivity index (χ4v) is 3.83. The molecule has 0 aliphatic carbocycles. The summed E-state index contributed by atoms with van der Waals surface area (Å²) in [6, 6.07) is 11.4. The van der Waals surface area contributed by atoms with Crippen molar-refractivity contribution in [3.8, 4) is 0 Å². The van der Waals surface area contributed by atoms with Crippen LogP contribution in [-0.4, -0.2) is 23.0 Å². The number of nitrogens with one attached hydrogen (secondary N) is 1. The number of para-hydroxylation sites is 1. The minimum Gasteiger partial charge on any atom is -0.448 e. The van der Waals surface area contributed by atoms with Crippen molar-refractivity contribution < 1.29 is 14.3 Å². The van der Waals surface area contributed by atoms with Crippen LogP contribution in [0, 0.1) is 0 Å². The van der Waals surface area contributed by atoms with Gasteiger partial charge in [0.05, 0.1) is 4.70 Å². The monoisotopic (exact) mass is 347 g/mol. The first-order valence-corrected chi connectivity index (χ1v) is 8.39. The number of rotatable bonds is 5. The summed E-state index contributed by atoms with van der Waals surface area (Å²) in [5.74, 6) is -1.24. The number of thiazole rings is 1. The third kappa shape index (κ3) is 3.49. The summed E-state index contributed by atoms with van der Waals surface area (Å²) in [5, 5.41) is 3.96. The maximum absolute atomic E-state index is 11.9. The lowest BCUT2D eigenvalue weighted by atomic mass is 10.3. The molecule has 0 saturated heterocycles. The van der Waals surface area contributed by atoms with E-state index >= 15 is 0 Å². The van der Waals surface area contributed by atoms with Crippen LogP contribution in [0.1, 0.15) is 16.6 Å². The van der Waals surface area contributed by atoms with Gasteiger partial charge in [0.25, 0.3) is 5.91 Å². The number of hydrogen-bond acceptors (Lipinski definition) is 7. The van der Waals surface area contributed by atoms with Gasteiger partial charge in [-0.05, 0) is 25.1 Å². The van der Waals surface area contributed by atoms with E-state index in [0.717, 1.165) is 20.3 Å². The van der Waals surface area contributed by atoms with Crippen molar-refractivity contribution >= 4 is 54.9 Å². The molecule has 0 aliphatic heterocycles. The second-order valence-corrected chi connectivity index (χ2v) is 6.80. The van der Waals surface area contributed by atoms with Gasteiger partial charge in [-0.3, -0.25) is 4.79 Å². The zero-order valence-corrected chi connectivity index (χ0v) is 13.7. The number of thiophene rings is 1. The van der Waals surface area contributed by atoms with Gasteiger partial charge in [0.2, 0.25) is 0 Å². The molecule has 0 bridgehead atoms. The van der Waals surface area contributed by atoms with Crippen LogP contribution in [0.25, 0.3) is 9.53 Å². The topological polar surface area (TPSA) is 94.3 Å². The molecular formula is C15H13N3O3S2. The van der Waals surface area contributed by atoms with Gasteiger partial charge < -0.3 is 15.8 Å². The number of carbonyl (C=O) groups is 2. The quantitative estimate of drug-likeness (QED) is 0.692. The first-order chi connectivity index (χ1) is 11.0. The maximum atomic E-state index is 11.9. The molecule has 1 aromatic carbocycles. The van der Waals surface area contributed by atoms with Crippen LogP contribution in [0.15, 0.2) is 36.4 Å². The molecule has 0 saturated carbocycles. The Balaban J connectivity index is 1.75. The highest BCUT2D eigenvalue weighted by atomic mass is 32.1. The van der Waals surface area contributed by atoms with Crippen molar-refractivity contribution in [1.29, 1.82) is 0 Å². The Hall–Kier alpha value is -2.45. The van der Waals surface area contributed by atoms with Gasteiger partial charge in [-0.15, -0.1) is 11.3 Å². The fraction of sp³-hybridized carbons (Fsp3) is 0.133. The van der Waals surface area contributed by atoms with Gasteiger partial charge >= 0.3 is 5.97 Å². The van der Waals surface area contributed by atoms with Gasteiger partial charge in [0.1, 0.15) is 9.71 Å². The number of anilines is 2. The van der Waals surface area contributed by atoms with Gasteiger partial charge in [-0.25, -0.2) is 9.78 Å². The van der Waals surface area contributed by atoms with Crippen LogP contribution < -0.4 is 11.1 Å². The lowest BCUT2D eigenvalue weighted by Gasteiger charge is -2.07. The van der Waals surface area contributed by atoms with Crippen molar-refractivity contribution in [3.05, 3.63) is 41.3 Å². The number of hydrogen-bond donors (Lipinski definition) is 2. The summed E-state index contributed by atoms with van der Waals surface area (Å²) < 4.78 is 5.86. The number of benzene rings is 1. The number of primary amides is 1. The molecule has 0 aliphatic rings. The van der Waals surface area contributed by atoms with Gasteiger partial charge in [0, 0.05) is 5.69 Å². The standard InChI is InChI=1S/C15H13N3O3S2/c1-8(12(16)19)21-14(20)11-7-10-13(22-11)18-15(23-10)17-9-5-3-2-4-6-9/h2-8H,1H3,(H2,16,19)(H,17,18)/t8-/m0/s1. The molecule has 23 heavy (non-hydrogen) atoms. The summed E-state index contributed by atoms with van der Waals surface area (Å²) in [7, 11) is 0. The van der Waals surface area contributed by atoms with Crippen LogP contribution in [-0.2, 0) is 9.53 Å². The second-order valence-electron chi connectivity index (χ2n) is 4.74. The van der Waals surface area contributed by atoms with E-state index in [1.54, 1.807) is 6.07 Å². The first kappa shape index (κ1) is 15.4. The van der Waals surface area contributed by atoms with Crippen LogP contribution in [0.2, 0.25) is 0 Å². The molecule has 0 fully saturated rings. The molecule has 3 aromatic rings. The Morgan fingerprint density at radius 1 is 1.26 bits per heavy atom. The fourth-order valence-electron chi connectivity index (χ4n) is 1.81. The molecule has 0 radical (unpaired) electrons. The average Bonchev–Trinajstić information content (AvgIpc) is 3.06. The number of nitrogens with zero attached hydrogens (tertiary/aromatic N) is 1. The van der Waals surface area contributed by atoms with Crippen molar-refractivity contribution in [1.82, 2.24) is 4.98 Å². The summed E-state index contributed by atoms with van der Waals surface area (Å²) in [4.78, 5) is 28.5. The number of amides is 1. The number of aromatic nitrogens is 1. The molecule has 1 amide bonds. The Morgan fingerprint density at radius 3 is 2.65 bits per heavy atom. The Kier molecular flexibility index (Phi) is 4.26. The zero-order valence-electron chi connectivity index (χ0n) is 12.1. The predicted molar refractivity (Wildman–Crippen MR) is 91.3 cm³/mol. The molecule has 3 N–H and O–H groups in total. The summed E-state index contributed by atoms with van der Waals surface area (Å²) in [5.41, 5.74) is 6.03. The highest BCUT2D eigenvalue weighted by Crippen LogP contribution is 2.34. The number of fused-ring (bicyclic) bond motifs is 1. The normalized spacial score (nSPS) is 12.0. The molecule has 0 unspecified atom stereocenters. The van der Waals surface area contributed by atoms with E-state index in [0.29, 0.717) is 4.88 Å². The van der Waals surface area contributed by atoms with Crippen LogP contribution >= 0.6 is 22.7 Å². The molecule has 6 nitrogen and oxygen atoms in total. The molecule has 0 spiro atoms. The summed E-state index contributed by atoms with van der Waals surface area (Å²) >= 11 is 2.67. The maximum Gasteiger partial charge on any atom is 0.349 e. The third-order valence-corrected chi connectivity index (χ3v) is 5.06. The number of ether oxygens (including phenoxy) is 1. The van der Waals surface area contributed by atoms with Gasteiger partial charge in [-0.1, -0.05) is 29.5 Å². The SMILES string of the molecule is C[C@H](OC(=O)c1cc2sc(Nc3ccccc3)nc2s1)C(N)=O. The number of nitrogens with two attached hydrogens (primary N) is 1. The van der Waals surface area contributed by atoms with E-state index in [4.69, 9.17) is 10.5 Å². The summed E-state index contributed by atoms with van der Waals surface area (Å²) in [6.45, 7) is 1.44. The van der Waals surface area contributed by atoms with E-state index in [1.165, 1.54) is 29.6 Å². The first-order valence-electron chi connectivity index (χ1n) is 6.75. The second kappa shape index (κ2) is 6.35. The molecule has 2 heterocycles. The molecule has 8 heteroatoms. The van der Waals surface area contributed by atoms with Crippen molar-refractivity contribution in [3.63, 3.8) is 0 Å². The van der Waals surface area contributed by atoms with E-state index in [-0.39, 0.29) is 0 Å². The molecule has 118 valence electrons. The minimum atomic E-state index is -0.953. The molecule has 1 atom stereocenters.